The number of ketones is 2. The van der Waals surface area contributed by atoms with E-state index in [1.807, 2.05) is 89.7 Å². The molecule has 6 fully saturated rings. The number of fused-ring (bicyclic) bond motifs is 6. The lowest BCUT2D eigenvalue weighted by molar-refractivity contribution is -0.142. The van der Waals surface area contributed by atoms with Crippen LogP contribution in [-0.2, 0) is 48.8 Å². The molecule has 0 spiro atoms. The topological polar surface area (TPSA) is 266 Å². The van der Waals surface area contributed by atoms with Gasteiger partial charge in [0.05, 0.1) is 68.1 Å². The highest BCUT2D eigenvalue weighted by atomic mass is 35.5. The summed E-state index contributed by atoms with van der Waals surface area (Å²) in [7, 11) is -7.47. The van der Waals surface area contributed by atoms with Crippen LogP contribution in [0.5, 0.6) is 6.01 Å². The average Bonchev–Trinajstić information content (AvgIpc) is 1.63. The molecule has 3 N–H and O–H groups in total. The van der Waals surface area contributed by atoms with Gasteiger partial charge in [-0.25, -0.2) is 21.8 Å². The maximum atomic E-state index is 14.1. The first kappa shape index (κ1) is 66.0. The fourth-order valence-electron chi connectivity index (χ4n) is 13.7. The molecule has 0 bridgehead atoms. The number of ether oxygens (including phenoxy) is 1. The van der Waals surface area contributed by atoms with Crippen LogP contribution in [0, 0.1) is 34.5 Å². The zero-order valence-corrected chi connectivity index (χ0v) is 54.6. The highest BCUT2D eigenvalue weighted by Gasteiger charge is 2.63. The molecule has 4 aromatic rings. The number of para-hydroxylation sites is 4. The van der Waals surface area contributed by atoms with Crippen molar-refractivity contribution >= 4 is 88.9 Å². The Labute approximate surface area is 528 Å². The van der Waals surface area contributed by atoms with Gasteiger partial charge in [-0.05, 0) is 152 Å². The number of rotatable bonds is 10. The van der Waals surface area contributed by atoms with Gasteiger partial charge in [0.2, 0.25) is 49.0 Å². The molecule has 0 unspecified atom stereocenters. The van der Waals surface area contributed by atoms with Gasteiger partial charge in [0.15, 0.2) is 11.6 Å². The number of benzene rings is 2. The van der Waals surface area contributed by atoms with Gasteiger partial charge in [-0.2, -0.15) is 4.98 Å². The Hall–Kier alpha value is -5.97. The number of allylic oxidation sites excluding steroid dienone is 4. The summed E-state index contributed by atoms with van der Waals surface area (Å²) in [5.41, 5.74) is 1.60. The molecule has 89 heavy (non-hydrogen) atoms. The number of aliphatic hydroxyl groups excluding tert-OH is 1. The number of imidazole rings is 2. The fourth-order valence-corrected chi connectivity index (χ4v) is 16.8. The molecule has 4 amide bonds. The smallest absolute Gasteiger partial charge is 0.297 e. The minimum absolute atomic E-state index is 0.0812. The summed E-state index contributed by atoms with van der Waals surface area (Å²) < 4.78 is 65.2. The summed E-state index contributed by atoms with van der Waals surface area (Å²) in [5.74, 6) is -2.80. The number of nitrogens with one attached hydrogen (secondary N) is 2. The van der Waals surface area contributed by atoms with Crippen molar-refractivity contribution in [3.8, 4) is 6.01 Å². The number of amides is 4. The molecule has 2 aromatic heterocycles. The monoisotopic (exact) mass is 1280 g/mol. The molecule has 4 saturated carbocycles. The molecule has 6 heterocycles. The molecule has 484 valence electrons. The molecule has 4 aliphatic carbocycles. The van der Waals surface area contributed by atoms with Crippen LogP contribution in [0.3, 0.4) is 0 Å². The number of nitrogens with zero attached hydrogens (tertiary/aromatic N) is 6. The Morgan fingerprint density at radius 2 is 1.07 bits per heavy atom. The van der Waals surface area contributed by atoms with Crippen LogP contribution in [0.4, 0.5) is 0 Å². The minimum atomic E-state index is -3.76. The van der Waals surface area contributed by atoms with Crippen LogP contribution < -0.4 is 14.2 Å². The molecule has 20 nitrogen and oxygen atoms in total. The normalized spacial score (nSPS) is 30.4. The molecule has 2 saturated heterocycles. The van der Waals surface area contributed by atoms with E-state index in [9.17, 15) is 50.7 Å². The van der Waals surface area contributed by atoms with E-state index >= 15 is 0 Å². The van der Waals surface area contributed by atoms with Gasteiger partial charge in [-0.1, -0.05) is 88.1 Å². The Kier molecular flexibility index (Phi) is 20.1. The average molecular weight is 1290 g/mol. The summed E-state index contributed by atoms with van der Waals surface area (Å²) in [6.45, 7) is 12.5. The molecule has 4 aliphatic heterocycles. The van der Waals surface area contributed by atoms with Crippen LogP contribution in [0.25, 0.3) is 22.1 Å². The third-order valence-corrected chi connectivity index (χ3v) is 23.3. The van der Waals surface area contributed by atoms with Crippen molar-refractivity contribution in [1.82, 2.24) is 38.3 Å². The summed E-state index contributed by atoms with van der Waals surface area (Å²) >= 11 is 6.01. The Morgan fingerprint density at radius 1 is 0.618 bits per heavy atom. The number of carbonyl (C=O) groups is 6. The zero-order chi connectivity index (χ0) is 63.7. The van der Waals surface area contributed by atoms with E-state index in [4.69, 9.17) is 21.3 Å². The fraction of sp³-hybridized carbons (Fsp3) is 0.636. The van der Waals surface area contributed by atoms with Crippen LogP contribution >= 0.6 is 11.6 Å². The number of halogens is 1. The van der Waals surface area contributed by atoms with Gasteiger partial charge >= 0.3 is 0 Å². The van der Waals surface area contributed by atoms with Gasteiger partial charge in [0.1, 0.15) is 6.10 Å². The molecular formula is C66H89ClN8O12S2. The van der Waals surface area contributed by atoms with Crippen molar-refractivity contribution in [2.75, 3.05) is 13.1 Å². The zero-order valence-electron chi connectivity index (χ0n) is 52.2. The van der Waals surface area contributed by atoms with Crippen LogP contribution in [0.2, 0.25) is 5.28 Å². The molecule has 12 rings (SSSR count). The number of hydrogen-bond acceptors (Lipinski definition) is 14. The first-order chi connectivity index (χ1) is 42.3. The second kappa shape index (κ2) is 27.1. The van der Waals surface area contributed by atoms with Crippen LogP contribution in [0.1, 0.15) is 182 Å². The number of hydrogen-bond donors (Lipinski definition) is 3. The first-order valence-corrected chi connectivity index (χ1v) is 35.9. The van der Waals surface area contributed by atoms with E-state index in [2.05, 4.69) is 48.2 Å². The van der Waals surface area contributed by atoms with E-state index < -0.39 is 77.5 Å². The van der Waals surface area contributed by atoms with Gasteiger partial charge < -0.3 is 24.2 Å². The van der Waals surface area contributed by atoms with Crippen LogP contribution in [0.15, 0.2) is 72.8 Å². The van der Waals surface area contributed by atoms with Crippen molar-refractivity contribution < 1.29 is 55.4 Å². The predicted molar refractivity (Wildman–Crippen MR) is 339 cm³/mol. The van der Waals surface area contributed by atoms with Crippen molar-refractivity contribution in [3.05, 3.63) is 78.1 Å². The van der Waals surface area contributed by atoms with Gasteiger partial charge in [-0.15, -0.1) is 0 Å². The van der Waals surface area contributed by atoms with Crippen molar-refractivity contribution in [2.45, 2.75) is 217 Å². The van der Waals surface area contributed by atoms with E-state index in [0.717, 1.165) is 86.3 Å². The van der Waals surface area contributed by atoms with E-state index in [1.54, 1.807) is 4.90 Å². The lowest BCUT2D eigenvalue weighted by atomic mass is 9.91. The van der Waals surface area contributed by atoms with Gasteiger partial charge in [0, 0.05) is 56.1 Å². The van der Waals surface area contributed by atoms with Crippen molar-refractivity contribution in [1.29, 1.82) is 0 Å². The maximum Gasteiger partial charge on any atom is 0.297 e. The number of Topliss-reactive ketones (excluding diaryl/α,β-unsaturated/α-hetero) is 2. The highest BCUT2D eigenvalue weighted by Crippen LogP contribution is 2.58. The number of aromatic nitrogens is 4. The molecule has 8 aliphatic rings. The number of aliphatic hydroxyl groups is 1. The Morgan fingerprint density at radius 3 is 1.55 bits per heavy atom. The summed E-state index contributed by atoms with van der Waals surface area (Å²) in [4.78, 5) is 93.1. The summed E-state index contributed by atoms with van der Waals surface area (Å²) in [6.07, 6.45) is 19.0. The van der Waals surface area contributed by atoms with Crippen molar-refractivity contribution in [2.24, 2.45) is 34.5 Å². The second-order valence-electron chi connectivity index (χ2n) is 27.1. The standard InChI is InChI=1S/C33H44N4O6S.C23H34N2O6S.C10H11ClN2/c1-21(2)37-27-14-10-9-13-26(27)34-32(37)43-24-17-28-29(38)19-33(31(40)35-44(41,42)25-15-16-25)18-23(33)12-8-6-4-5-7-11-22(3)30(39)36(28)20-24;1-15-7-5-3-2-4-6-8-16-12-23(16,22(29)24-32(30,31)18-9-10-18)13-20(27)19-11-17(26)14-25(19)21(15)28;1-7(2)13-9-6-4-3-5-8(9)12-10(13)11/h8-10,12-14,21-25,28H,4-7,11,15-20H2,1-3H3,(H,35,40);6,8,15-19,26H,2-5,7,9-14H2,1H3,(H,24,29);3-7H,1-2H3/b12-8-;8-6-;/t22-,23+,24+,28-,33+;15-,16+,17+,19-,23+;/m00./s1. The Balaban J connectivity index is 0.000000168. The van der Waals surface area contributed by atoms with E-state index in [1.165, 1.54) is 4.90 Å². The van der Waals surface area contributed by atoms with Crippen LogP contribution in [-0.4, -0.2) is 134 Å². The third-order valence-electron chi connectivity index (χ3n) is 19.4. The molecular weight excluding hydrogens is 1200 g/mol. The number of sulfonamides is 2. The SMILES string of the molecule is CC(C)n1c(Cl)nc2ccccc21.CC(C)n1c(O[C@@H]2C[C@H]3C(=O)C[C@]4(C(=O)NS(=O)(=O)C5CC5)C[C@H]4/C=C\CCCCC[C@H](C)C(=O)N3C2)nc2ccccc21.C[C@H]1CCCCC/C=C\[C@@H]2C[C@@]2(C(=O)NS(=O)(=O)C2CC2)CC(=O)[C@@H]2C[C@@H](O)CN2C1=O. The Bertz CT molecular complexity index is 3610. The lowest BCUT2D eigenvalue weighted by Gasteiger charge is -2.27. The molecule has 10 atom stereocenters. The summed E-state index contributed by atoms with van der Waals surface area (Å²) in [5, 5.41) is 9.71. The van der Waals surface area contributed by atoms with Crippen molar-refractivity contribution in [3.63, 3.8) is 0 Å². The molecule has 0 radical (unpaired) electrons. The number of carbonyl (C=O) groups excluding carboxylic acids is 6. The maximum absolute atomic E-state index is 14.1. The third kappa shape index (κ3) is 14.9. The predicted octanol–water partition coefficient (Wildman–Crippen LogP) is 9.64. The highest BCUT2D eigenvalue weighted by molar-refractivity contribution is 7.91. The first-order valence-electron chi connectivity index (χ1n) is 32.4. The minimum Gasteiger partial charge on any atom is -0.459 e. The van der Waals surface area contributed by atoms with E-state index in [-0.39, 0.29) is 91.9 Å². The van der Waals surface area contributed by atoms with Gasteiger partial charge in [0.25, 0.3) is 6.01 Å². The largest absolute Gasteiger partial charge is 0.459 e. The molecule has 23 heteroatoms. The molecule has 2 aromatic carbocycles. The lowest BCUT2D eigenvalue weighted by Crippen LogP contribution is -2.46. The quantitative estimate of drug-likeness (QED) is 0.125. The van der Waals surface area contributed by atoms with Gasteiger partial charge in [-0.3, -0.25) is 42.8 Å². The summed E-state index contributed by atoms with van der Waals surface area (Å²) in [6, 6.07) is 15.2. The van der Waals surface area contributed by atoms with E-state index in [0.29, 0.717) is 55.9 Å². The second-order valence-corrected chi connectivity index (χ2v) is 31.3.